The molecule has 1 aliphatic rings. The van der Waals surface area contributed by atoms with Crippen molar-refractivity contribution in [2.45, 2.75) is 39.2 Å². The Labute approximate surface area is 201 Å². The molecule has 8 nitrogen and oxygen atoms in total. The van der Waals surface area contributed by atoms with Gasteiger partial charge in [-0.25, -0.2) is 9.18 Å². The number of aryl methyl sites for hydroxylation is 2. The Morgan fingerprint density at radius 2 is 1.91 bits per heavy atom. The Kier molecular flexibility index (Phi) is 6.50. The summed E-state index contributed by atoms with van der Waals surface area (Å²) in [5.74, 6) is -3.30. The summed E-state index contributed by atoms with van der Waals surface area (Å²) in [7, 11) is 0. The van der Waals surface area contributed by atoms with Crippen LogP contribution < -0.4 is 10.6 Å². The SMILES string of the molecule is CCCn1nccc1-c1cc(C(N)=O)c(C)cc1N1C=C(C(=O)O)[C@H](c2ccc(F)cc2)CC1=O. The fraction of sp³-hybridized carbons (Fsp3) is 0.231. The van der Waals surface area contributed by atoms with Crippen molar-refractivity contribution in [3.05, 3.63) is 82.9 Å². The van der Waals surface area contributed by atoms with E-state index in [1.165, 1.54) is 35.4 Å². The zero-order chi connectivity index (χ0) is 25.3. The van der Waals surface area contributed by atoms with Gasteiger partial charge in [-0.2, -0.15) is 5.10 Å². The average Bonchev–Trinajstić information content (AvgIpc) is 3.27. The minimum absolute atomic E-state index is 0.000792. The molecule has 1 aliphatic heterocycles. The van der Waals surface area contributed by atoms with Crippen molar-refractivity contribution in [3.63, 3.8) is 0 Å². The van der Waals surface area contributed by atoms with Gasteiger partial charge in [-0.15, -0.1) is 0 Å². The van der Waals surface area contributed by atoms with Crippen molar-refractivity contribution in [2.75, 3.05) is 4.90 Å². The van der Waals surface area contributed by atoms with Crippen molar-refractivity contribution in [2.24, 2.45) is 5.73 Å². The Bertz CT molecular complexity index is 1340. The molecule has 0 radical (unpaired) electrons. The van der Waals surface area contributed by atoms with Gasteiger partial charge in [-0.05, 0) is 54.8 Å². The normalized spacial score (nSPS) is 15.7. The summed E-state index contributed by atoms with van der Waals surface area (Å²) in [5.41, 5.74) is 8.60. The Balaban J connectivity index is 1.90. The Hall–Kier alpha value is -4.27. The molecule has 1 atom stereocenters. The van der Waals surface area contributed by atoms with Crippen molar-refractivity contribution < 1.29 is 23.9 Å². The van der Waals surface area contributed by atoms with E-state index < -0.39 is 23.6 Å². The molecule has 0 saturated carbocycles. The minimum atomic E-state index is -1.18. The lowest BCUT2D eigenvalue weighted by Crippen LogP contribution is -2.35. The molecule has 2 heterocycles. The molecule has 3 N–H and O–H groups in total. The number of benzene rings is 2. The predicted octanol–water partition coefficient (Wildman–Crippen LogP) is 4.00. The van der Waals surface area contributed by atoms with Crippen LogP contribution in [0.4, 0.5) is 10.1 Å². The second-order valence-electron chi connectivity index (χ2n) is 8.45. The fourth-order valence-corrected chi connectivity index (χ4v) is 4.40. The number of carboxylic acids is 1. The first-order chi connectivity index (χ1) is 16.7. The second kappa shape index (κ2) is 9.54. The summed E-state index contributed by atoms with van der Waals surface area (Å²) in [6.45, 7) is 4.31. The number of halogens is 1. The van der Waals surface area contributed by atoms with Crippen LogP contribution in [0.1, 0.15) is 47.2 Å². The minimum Gasteiger partial charge on any atom is -0.478 e. The molecule has 2 amide bonds. The molecule has 3 aromatic rings. The topological polar surface area (TPSA) is 119 Å². The van der Waals surface area contributed by atoms with E-state index in [0.717, 1.165) is 6.42 Å². The van der Waals surface area contributed by atoms with Crippen LogP contribution in [0.15, 0.2) is 60.4 Å². The van der Waals surface area contributed by atoms with Crippen LogP contribution in [-0.2, 0) is 16.1 Å². The monoisotopic (exact) mass is 476 g/mol. The van der Waals surface area contributed by atoms with Gasteiger partial charge >= 0.3 is 5.97 Å². The van der Waals surface area contributed by atoms with Gasteiger partial charge in [-0.1, -0.05) is 19.1 Å². The summed E-state index contributed by atoms with van der Waals surface area (Å²) in [4.78, 5) is 39.0. The van der Waals surface area contributed by atoms with E-state index in [2.05, 4.69) is 5.10 Å². The first-order valence-electron chi connectivity index (χ1n) is 11.2. The number of hydrogen-bond acceptors (Lipinski definition) is 4. The summed E-state index contributed by atoms with van der Waals surface area (Å²) in [6, 6.07) is 10.5. The van der Waals surface area contributed by atoms with E-state index in [9.17, 15) is 23.9 Å². The molecule has 0 fully saturated rings. The standard InChI is InChI=1S/C26H25FN4O4/c1-3-10-31-22(8-9-29-31)20-12-18(25(28)33)15(2)11-23(20)30-14-21(26(34)35)19(13-24(30)32)16-4-6-17(27)7-5-16/h4-9,11-12,14,19H,3,10,13H2,1-2H3,(H2,28,33)(H,34,35)/t19-/m0/s1. The molecule has 0 saturated heterocycles. The molecule has 1 aromatic heterocycles. The maximum absolute atomic E-state index is 13.4. The lowest BCUT2D eigenvalue weighted by Gasteiger charge is -2.31. The number of nitrogens with zero attached hydrogens (tertiary/aromatic N) is 3. The molecule has 2 aromatic carbocycles. The smallest absolute Gasteiger partial charge is 0.333 e. The number of aromatic nitrogens is 2. The Morgan fingerprint density at radius 1 is 1.20 bits per heavy atom. The first kappa shape index (κ1) is 23.9. The van der Waals surface area contributed by atoms with E-state index in [-0.39, 0.29) is 17.9 Å². The quantitative estimate of drug-likeness (QED) is 0.534. The first-order valence-corrected chi connectivity index (χ1v) is 11.2. The highest BCUT2D eigenvalue weighted by Gasteiger charge is 2.34. The number of rotatable bonds is 7. The lowest BCUT2D eigenvalue weighted by molar-refractivity contribution is -0.133. The zero-order valence-corrected chi connectivity index (χ0v) is 19.4. The van der Waals surface area contributed by atoms with Crippen LogP contribution in [0.25, 0.3) is 11.3 Å². The predicted molar refractivity (Wildman–Crippen MR) is 128 cm³/mol. The van der Waals surface area contributed by atoms with Crippen LogP contribution in [-0.4, -0.2) is 32.7 Å². The van der Waals surface area contributed by atoms with Crippen molar-refractivity contribution in [1.29, 1.82) is 0 Å². The maximum atomic E-state index is 13.4. The van der Waals surface area contributed by atoms with Crippen LogP contribution in [0, 0.1) is 12.7 Å². The number of nitrogens with two attached hydrogens (primary N) is 1. The van der Waals surface area contributed by atoms with E-state index in [0.29, 0.717) is 40.2 Å². The van der Waals surface area contributed by atoms with Crippen LogP contribution >= 0.6 is 0 Å². The largest absolute Gasteiger partial charge is 0.478 e. The molecule has 0 aliphatic carbocycles. The molecule has 0 spiro atoms. The number of hydrogen-bond donors (Lipinski definition) is 2. The van der Waals surface area contributed by atoms with Gasteiger partial charge in [0.15, 0.2) is 0 Å². The van der Waals surface area contributed by atoms with Gasteiger partial charge in [0.05, 0.1) is 17.0 Å². The van der Waals surface area contributed by atoms with Crippen molar-refractivity contribution in [1.82, 2.24) is 9.78 Å². The molecule has 0 bridgehead atoms. The van der Waals surface area contributed by atoms with Crippen molar-refractivity contribution >= 4 is 23.5 Å². The number of carbonyl (C=O) groups excluding carboxylic acids is 2. The molecular formula is C26H25FN4O4. The molecule has 9 heteroatoms. The van der Waals surface area contributed by atoms with Gasteiger partial charge in [0.1, 0.15) is 5.82 Å². The third-order valence-corrected chi connectivity index (χ3v) is 6.11. The number of carboxylic acid groups (broad SMARTS) is 1. The van der Waals surface area contributed by atoms with Gasteiger partial charge in [0.2, 0.25) is 11.8 Å². The lowest BCUT2D eigenvalue weighted by atomic mass is 9.85. The average molecular weight is 477 g/mol. The summed E-state index contributed by atoms with van der Waals surface area (Å²) < 4.78 is 15.2. The third kappa shape index (κ3) is 4.57. The summed E-state index contributed by atoms with van der Waals surface area (Å²) in [5, 5.41) is 14.3. The number of carbonyl (C=O) groups is 3. The van der Waals surface area contributed by atoms with Crippen LogP contribution in [0.2, 0.25) is 0 Å². The van der Waals surface area contributed by atoms with Crippen LogP contribution in [0.3, 0.4) is 0 Å². The van der Waals surface area contributed by atoms with E-state index in [4.69, 9.17) is 5.73 Å². The Morgan fingerprint density at radius 3 is 2.54 bits per heavy atom. The highest BCUT2D eigenvalue weighted by molar-refractivity contribution is 6.06. The van der Waals surface area contributed by atoms with Gasteiger partial charge in [0.25, 0.3) is 0 Å². The molecular weight excluding hydrogens is 451 g/mol. The number of aliphatic carboxylic acids is 1. The molecule has 4 rings (SSSR count). The maximum Gasteiger partial charge on any atom is 0.333 e. The van der Waals surface area contributed by atoms with Gasteiger partial charge < -0.3 is 10.8 Å². The molecule has 35 heavy (non-hydrogen) atoms. The van der Waals surface area contributed by atoms with Gasteiger partial charge in [-0.3, -0.25) is 19.2 Å². The number of primary amides is 1. The summed E-state index contributed by atoms with van der Waals surface area (Å²) in [6.07, 6.45) is 3.63. The van der Waals surface area contributed by atoms with E-state index >= 15 is 0 Å². The molecule has 0 unspecified atom stereocenters. The van der Waals surface area contributed by atoms with Crippen molar-refractivity contribution in [3.8, 4) is 11.3 Å². The number of amides is 2. The highest BCUT2D eigenvalue weighted by Crippen LogP contribution is 2.40. The highest BCUT2D eigenvalue weighted by atomic mass is 19.1. The molecule has 180 valence electrons. The van der Waals surface area contributed by atoms with E-state index in [1.54, 1.807) is 36.0 Å². The van der Waals surface area contributed by atoms with E-state index in [1.807, 2.05) is 6.92 Å². The van der Waals surface area contributed by atoms with Crippen LogP contribution in [0.5, 0.6) is 0 Å². The summed E-state index contributed by atoms with van der Waals surface area (Å²) >= 11 is 0. The fourth-order valence-electron chi connectivity index (χ4n) is 4.40. The van der Waals surface area contributed by atoms with Gasteiger partial charge in [0, 0.05) is 42.4 Å². The third-order valence-electron chi connectivity index (χ3n) is 6.11. The second-order valence-corrected chi connectivity index (χ2v) is 8.45. The number of anilines is 1. The zero-order valence-electron chi connectivity index (χ0n) is 19.4.